The van der Waals surface area contributed by atoms with E-state index in [1.165, 1.54) is 14.2 Å². The van der Waals surface area contributed by atoms with Crippen LogP contribution in [-0.2, 0) is 11.1 Å². The average molecular weight is 215 g/mol. The van der Waals surface area contributed by atoms with Gasteiger partial charge < -0.3 is 14.0 Å². The topological polar surface area (TPSA) is 58.6 Å². The van der Waals surface area contributed by atoms with Gasteiger partial charge in [0.15, 0.2) is 0 Å². The van der Waals surface area contributed by atoms with Crippen LogP contribution in [0.2, 0.25) is 0 Å². The van der Waals surface area contributed by atoms with E-state index in [0.717, 1.165) is 5.56 Å². The maximum absolute atomic E-state index is 10.9. The van der Waals surface area contributed by atoms with Crippen LogP contribution in [0.15, 0.2) is 17.0 Å². The van der Waals surface area contributed by atoms with Crippen molar-refractivity contribution in [2.45, 2.75) is 11.8 Å². The molecule has 0 N–H and O–H groups in total. The predicted molar refractivity (Wildman–Crippen MR) is 51.5 cm³/mol. The summed E-state index contributed by atoms with van der Waals surface area (Å²) in [6, 6.07) is 3.29. The minimum atomic E-state index is -2.36. The number of ether oxygens (including phenoxy) is 2. The molecule has 0 radical (unpaired) electrons. The van der Waals surface area contributed by atoms with Crippen molar-refractivity contribution in [3.05, 3.63) is 17.7 Å². The highest BCUT2D eigenvalue weighted by Crippen LogP contribution is 2.32. The molecule has 78 valence electrons. The lowest BCUT2D eigenvalue weighted by Crippen LogP contribution is -1.99. The molecular formula is C9H11O4S-. The van der Waals surface area contributed by atoms with E-state index in [2.05, 4.69) is 0 Å². The summed E-state index contributed by atoms with van der Waals surface area (Å²) < 4.78 is 31.7. The zero-order valence-corrected chi connectivity index (χ0v) is 9.01. The molecule has 0 saturated heterocycles. The molecule has 1 aromatic rings. The van der Waals surface area contributed by atoms with Gasteiger partial charge in [0.1, 0.15) is 16.4 Å². The van der Waals surface area contributed by atoms with Crippen LogP contribution in [0, 0.1) is 6.92 Å². The zero-order chi connectivity index (χ0) is 10.7. The second-order valence-corrected chi connectivity index (χ2v) is 3.61. The predicted octanol–water partition coefficient (Wildman–Crippen LogP) is 1.25. The quantitative estimate of drug-likeness (QED) is 0.712. The molecule has 0 aromatic heterocycles. The summed E-state index contributed by atoms with van der Waals surface area (Å²) in [6.45, 7) is 1.84. The van der Waals surface area contributed by atoms with E-state index in [-0.39, 0.29) is 4.90 Å². The third-order valence-corrected chi connectivity index (χ3v) is 2.51. The monoisotopic (exact) mass is 215 g/mol. The van der Waals surface area contributed by atoms with Crippen LogP contribution in [0.25, 0.3) is 0 Å². The molecule has 0 aliphatic heterocycles. The van der Waals surface area contributed by atoms with Crippen molar-refractivity contribution in [3.8, 4) is 11.5 Å². The number of benzene rings is 1. The molecule has 1 unspecified atom stereocenters. The van der Waals surface area contributed by atoms with Gasteiger partial charge in [-0.3, -0.25) is 4.21 Å². The van der Waals surface area contributed by atoms with E-state index < -0.39 is 11.1 Å². The summed E-state index contributed by atoms with van der Waals surface area (Å²) in [4.78, 5) is 0.0561. The van der Waals surface area contributed by atoms with Crippen LogP contribution in [0.1, 0.15) is 5.56 Å². The normalized spacial score (nSPS) is 12.3. The summed E-state index contributed by atoms with van der Waals surface area (Å²) in [6.07, 6.45) is 0. The van der Waals surface area contributed by atoms with Crippen molar-refractivity contribution in [3.63, 3.8) is 0 Å². The molecule has 4 nitrogen and oxygen atoms in total. The first-order chi connectivity index (χ1) is 6.60. The summed E-state index contributed by atoms with van der Waals surface area (Å²) in [5.41, 5.74) is 0.882. The molecule has 0 aliphatic carbocycles. The van der Waals surface area contributed by atoms with Gasteiger partial charge in [-0.05, 0) is 35.7 Å². The van der Waals surface area contributed by atoms with E-state index in [4.69, 9.17) is 9.47 Å². The van der Waals surface area contributed by atoms with Crippen molar-refractivity contribution in [1.82, 2.24) is 0 Å². The third kappa shape index (κ3) is 2.05. The lowest BCUT2D eigenvalue weighted by Gasteiger charge is -2.15. The minimum absolute atomic E-state index is 0.0561. The maximum atomic E-state index is 10.9. The van der Waals surface area contributed by atoms with E-state index in [9.17, 15) is 8.76 Å². The van der Waals surface area contributed by atoms with Gasteiger partial charge in [0.05, 0.1) is 14.2 Å². The first-order valence-electron chi connectivity index (χ1n) is 3.92. The average Bonchev–Trinajstić information content (AvgIpc) is 2.15. The highest BCUT2D eigenvalue weighted by atomic mass is 32.2. The second-order valence-electron chi connectivity index (χ2n) is 2.73. The Morgan fingerprint density at radius 2 is 1.64 bits per heavy atom. The van der Waals surface area contributed by atoms with Gasteiger partial charge in [0.2, 0.25) is 0 Å². The number of hydrogen-bond donors (Lipinski definition) is 0. The van der Waals surface area contributed by atoms with Gasteiger partial charge in [-0.15, -0.1) is 0 Å². The minimum Gasteiger partial charge on any atom is -0.768 e. The molecule has 0 heterocycles. The molecule has 0 amide bonds. The molecule has 1 atom stereocenters. The van der Waals surface area contributed by atoms with Crippen LogP contribution in [-0.4, -0.2) is 23.0 Å². The number of hydrogen-bond acceptors (Lipinski definition) is 4. The molecule has 5 heteroatoms. The molecule has 0 aliphatic rings. The van der Waals surface area contributed by atoms with Crippen LogP contribution in [0.3, 0.4) is 0 Å². The fraction of sp³-hybridized carbons (Fsp3) is 0.333. The van der Waals surface area contributed by atoms with Crippen molar-refractivity contribution >= 4 is 11.1 Å². The van der Waals surface area contributed by atoms with Crippen LogP contribution >= 0.6 is 0 Å². The Hall–Kier alpha value is -1.07. The van der Waals surface area contributed by atoms with Crippen molar-refractivity contribution < 1.29 is 18.2 Å². The van der Waals surface area contributed by atoms with Gasteiger partial charge in [0, 0.05) is 0 Å². The van der Waals surface area contributed by atoms with E-state index in [1.807, 2.05) is 6.92 Å². The van der Waals surface area contributed by atoms with Crippen LogP contribution in [0.5, 0.6) is 11.5 Å². The van der Waals surface area contributed by atoms with Crippen molar-refractivity contribution in [2.75, 3.05) is 14.2 Å². The fourth-order valence-electron chi connectivity index (χ4n) is 1.18. The van der Waals surface area contributed by atoms with Gasteiger partial charge >= 0.3 is 0 Å². The summed E-state index contributed by atoms with van der Waals surface area (Å²) in [7, 11) is 2.84. The highest BCUT2D eigenvalue weighted by Gasteiger charge is 2.11. The fourth-order valence-corrected chi connectivity index (χ4v) is 1.79. The second kappa shape index (κ2) is 4.43. The molecule has 0 bridgehead atoms. The van der Waals surface area contributed by atoms with Crippen LogP contribution in [0.4, 0.5) is 0 Å². The van der Waals surface area contributed by atoms with Crippen LogP contribution < -0.4 is 9.47 Å². The number of methoxy groups -OCH3 is 2. The SMILES string of the molecule is COc1cc(C)cc(OC)c1S(=O)[O-]. The first-order valence-corrected chi connectivity index (χ1v) is 4.99. The zero-order valence-electron chi connectivity index (χ0n) is 8.20. The molecule has 1 aromatic carbocycles. The van der Waals surface area contributed by atoms with E-state index >= 15 is 0 Å². The molecule has 1 rings (SSSR count). The summed E-state index contributed by atoms with van der Waals surface area (Å²) in [5, 5.41) is 0. The number of aryl methyl sites for hydroxylation is 1. The van der Waals surface area contributed by atoms with Crippen molar-refractivity contribution in [1.29, 1.82) is 0 Å². The van der Waals surface area contributed by atoms with Gasteiger partial charge in [-0.1, -0.05) is 0 Å². The molecule has 14 heavy (non-hydrogen) atoms. The third-order valence-electron chi connectivity index (χ3n) is 1.77. The Kier molecular flexibility index (Phi) is 3.49. The summed E-state index contributed by atoms with van der Waals surface area (Å²) in [5.74, 6) is 0.602. The maximum Gasteiger partial charge on any atom is 0.137 e. The largest absolute Gasteiger partial charge is 0.768 e. The Morgan fingerprint density at radius 1 is 1.21 bits per heavy atom. The Bertz CT molecular complexity index is 337. The lowest BCUT2D eigenvalue weighted by atomic mass is 10.2. The van der Waals surface area contributed by atoms with Gasteiger partial charge in [0.25, 0.3) is 0 Å². The highest BCUT2D eigenvalue weighted by molar-refractivity contribution is 7.79. The van der Waals surface area contributed by atoms with E-state index in [0.29, 0.717) is 11.5 Å². The van der Waals surface area contributed by atoms with Gasteiger partial charge in [-0.2, -0.15) is 0 Å². The Morgan fingerprint density at radius 3 is 1.93 bits per heavy atom. The molecule has 0 spiro atoms. The molecule has 0 saturated carbocycles. The van der Waals surface area contributed by atoms with Gasteiger partial charge in [-0.25, -0.2) is 0 Å². The standard InChI is InChI=1S/C9H12O4S/c1-6-4-7(12-2)9(14(10)11)8(5-6)13-3/h4-5H,1-3H3,(H,10,11)/p-1. The lowest BCUT2D eigenvalue weighted by molar-refractivity contribution is 0.371. The molecular weight excluding hydrogens is 204 g/mol. The van der Waals surface area contributed by atoms with E-state index in [1.54, 1.807) is 12.1 Å². The number of rotatable bonds is 3. The van der Waals surface area contributed by atoms with Crippen molar-refractivity contribution in [2.24, 2.45) is 0 Å². The summed E-state index contributed by atoms with van der Waals surface area (Å²) >= 11 is -2.36. The Balaban J connectivity index is 3.40. The smallest absolute Gasteiger partial charge is 0.137 e. The first kappa shape index (κ1) is 11.0. The molecule has 0 fully saturated rings. The Labute approximate surface area is 85.1 Å².